The van der Waals surface area contributed by atoms with Gasteiger partial charge >= 0.3 is 0 Å². The first-order valence-corrected chi connectivity index (χ1v) is 10.3. The van der Waals surface area contributed by atoms with Crippen LogP contribution in [0.4, 0.5) is 0 Å². The number of quaternary nitrogens is 1. The molecule has 0 aromatic heterocycles. The summed E-state index contributed by atoms with van der Waals surface area (Å²) in [7, 11) is 7.12. The van der Waals surface area contributed by atoms with Crippen LogP contribution < -0.4 is 12.4 Å². The molecule has 0 aromatic rings. The Kier molecular flexibility index (Phi) is 18.9. The average molecular weight is 348 g/mol. The molecular weight excluding hydrogens is 302 g/mol. The Bertz CT molecular complexity index is 222. The van der Waals surface area contributed by atoms with Gasteiger partial charge in [0.05, 0.1) is 27.2 Å². The lowest BCUT2D eigenvalue weighted by Crippen LogP contribution is -3.00. The fraction of sp³-hybridized carbons (Fsp3) is 1.00. The number of nitrogens with zero attached hydrogens (tertiary/aromatic N) is 1. The van der Waals surface area contributed by atoms with E-state index in [2.05, 4.69) is 35.0 Å². The van der Waals surface area contributed by atoms with Gasteiger partial charge < -0.3 is 16.9 Å². The molecular formula is C21H46ClN. The van der Waals surface area contributed by atoms with Gasteiger partial charge in [0, 0.05) is 0 Å². The molecule has 1 nitrogen and oxygen atoms in total. The van der Waals surface area contributed by atoms with Crippen molar-refractivity contribution < 1.29 is 16.9 Å². The van der Waals surface area contributed by atoms with Crippen molar-refractivity contribution in [2.24, 2.45) is 0 Å². The van der Waals surface area contributed by atoms with Crippen molar-refractivity contribution in [3.05, 3.63) is 0 Å². The Hall–Kier alpha value is 0.250. The summed E-state index contributed by atoms with van der Waals surface area (Å²) in [5.41, 5.74) is 0. The van der Waals surface area contributed by atoms with E-state index in [9.17, 15) is 0 Å². The second-order valence-corrected chi connectivity index (χ2v) is 8.24. The predicted molar refractivity (Wildman–Crippen MR) is 102 cm³/mol. The zero-order valence-corrected chi connectivity index (χ0v) is 17.8. The monoisotopic (exact) mass is 347 g/mol. The number of hydrogen-bond donors (Lipinski definition) is 0. The molecule has 2 heteroatoms. The third-order valence-corrected chi connectivity index (χ3v) is 5.13. The molecule has 0 aliphatic carbocycles. The van der Waals surface area contributed by atoms with Crippen LogP contribution in [0.3, 0.4) is 0 Å². The number of hydrogen-bond acceptors (Lipinski definition) is 0. The largest absolute Gasteiger partial charge is 1.00 e. The van der Waals surface area contributed by atoms with Gasteiger partial charge in [-0.1, -0.05) is 84.5 Å². The summed E-state index contributed by atoms with van der Waals surface area (Å²) in [4.78, 5) is 0. The van der Waals surface area contributed by atoms with Gasteiger partial charge in [-0.2, -0.15) is 0 Å². The second kappa shape index (κ2) is 17.1. The molecule has 0 aromatic carbocycles. The zero-order chi connectivity index (χ0) is 16.7. The fourth-order valence-corrected chi connectivity index (χ4v) is 3.40. The van der Waals surface area contributed by atoms with Gasteiger partial charge in [-0.15, -0.1) is 0 Å². The first-order chi connectivity index (χ1) is 10.5. The van der Waals surface area contributed by atoms with E-state index in [4.69, 9.17) is 0 Å². The molecule has 0 aliphatic heterocycles. The van der Waals surface area contributed by atoms with Crippen molar-refractivity contribution in [3.63, 3.8) is 0 Å². The smallest absolute Gasteiger partial charge is 0.0884 e. The Morgan fingerprint density at radius 2 is 0.870 bits per heavy atom. The van der Waals surface area contributed by atoms with Crippen LogP contribution in [0, 0.1) is 0 Å². The molecule has 0 spiro atoms. The lowest BCUT2D eigenvalue weighted by atomic mass is 9.99. The quantitative estimate of drug-likeness (QED) is 0.293. The van der Waals surface area contributed by atoms with E-state index in [1.807, 2.05) is 0 Å². The van der Waals surface area contributed by atoms with Crippen LogP contribution in [0.5, 0.6) is 0 Å². The summed E-state index contributed by atoms with van der Waals surface area (Å²) in [5.74, 6) is 0. The molecule has 0 fully saturated rings. The highest BCUT2D eigenvalue weighted by Crippen LogP contribution is 2.19. The molecule has 1 atom stereocenters. The Morgan fingerprint density at radius 1 is 0.522 bits per heavy atom. The van der Waals surface area contributed by atoms with Crippen molar-refractivity contribution in [3.8, 4) is 0 Å². The molecule has 0 heterocycles. The molecule has 0 rings (SSSR count). The minimum atomic E-state index is 0. The van der Waals surface area contributed by atoms with E-state index < -0.39 is 0 Å². The number of rotatable bonds is 16. The van der Waals surface area contributed by atoms with Crippen LogP contribution in [0.15, 0.2) is 0 Å². The highest BCUT2D eigenvalue weighted by molar-refractivity contribution is 4.59. The number of halogens is 1. The van der Waals surface area contributed by atoms with E-state index in [-0.39, 0.29) is 12.4 Å². The summed E-state index contributed by atoms with van der Waals surface area (Å²) in [5, 5.41) is 0. The average Bonchev–Trinajstić information content (AvgIpc) is 2.46. The summed E-state index contributed by atoms with van der Waals surface area (Å²) < 4.78 is 1.15. The SMILES string of the molecule is CCCCCCCCCCCCCC(CCCC)[N+](C)(C)C.[Cl-]. The van der Waals surface area contributed by atoms with Gasteiger partial charge in [-0.25, -0.2) is 0 Å². The Balaban J connectivity index is 0. The summed E-state index contributed by atoms with van der Waals surface area (Å²) in [6.45, 7) is 4.61. The highest BCUT2D eigenvalue weighted by Gasteiger charge is 2.22. The van der Waals surface area contributed by atoms with E-state index in [0.29, 0.717) is 0 Å². The van der Waals surface area contributed by atoms with E-state index in [0.717, 1.165) is 10.5 Å². The molecule has 0 saturated heterocycles. The van der Waals surface area contributed by atoms with Gasteiger partial charge in [-0.3, -0.25) is 0 Å². The predicted octanol–water partition coefficient (Wildman–Crippen LogP) is 3.96. The maximum Gasteiger partial charge on any atom is 0.0884 e. The van der Waals surface area contributed by atoms with E-state index >= 15 is 0 Å². The van der Waals surface area contributed by atoms with E-state index in [1.54, 1.807) is 0 Å². The Labute approximate surface area is 154 Å². The third kappa shape index (κ3) is 16.9. The van der Waals surface area contributed by atoms with Crippen molar-refractivity contribution in [1.29, 1.82) is 0 Å². The van der Waals surface area contributed by atoms with Crippen LogP contribution in [-0.2, 0) is 0 Å². The minimum Gasteiger partial charge on any atom is -1.00 e. The van der Waals surface area contributed by atoms with Crippen LogP contribution in [0.25, 0.3) is 0 Å². The van der Waals surface area contributed by atoms with Crippen molar-refractivity contribution in [1.82, 2.24) is 0 Å². The summed E-state index contributed by atoms with van der Waals surface area (Å²) >= 11 is 0. The lowest BCUT2D eigenvalue weighted by Gasteiger charge is -2.34. The Morgan fingerprint density at radius 3 is 1.26 bits per heavy atom. The van der Waals surface area contributed by atoms with Crippen molar-refractivity contribution >= 4 is 0 Å². The normalized spacial score (nSPS) is 12.9. The molecule has 0 saturated carbocycles. The topological polar surface area (TPSA) is 0 Å². The molecule has 0 amide bonds. The maximum atomic E-state index is 2.37. The fourth-order valence-electron chi connectivity index (χ4n) is 3.40. The lowest BCUT2D eigenvalue weighted by molar-refractivity contribution is -0.896. The highest BCUT2D eigenvalue weighted by atomic mass is 35.5. The van der Waals surface area contributed by atoms with Gasteiger partial charge in [0.2, 0.25) is 0 Å². The molecule has 0 aliphatic rings. The first kappa shape index (κ1) is 25.5. The molecule has 142 valence electrons. The summed E-state index contributed by atoms with van der Waals surface area (Å²) in [6.07, 6.45) is 21.6. The van der Waals surface area contributed by atoms with Crippen molar-refractivity contribution in [2.45, 2.75) is 116 Å². The van der Waals surface area contributed by atoms with Crippen LogP contribution in [0.1, 0.15) is 110 Å². The van der Waals surface area contributed by atoms with Gasteiger partial charge in [-0.05, 0) is 25.7 Å². The van der Waals surface area contributed by atoms with Gasteiger partial charge in [0.25, 0.3) is 0 Å². The third-order valence-electron chi connectivity index (χ3n) is 5.13. The second-order valence-electron chi connectivity index (χ2n) is 8.24. The number of unbranched alkanes of at least 4 members (excludes halogenated alkanes) is 11. The van der Waals surface area contributed by atoms with Crippen LogP contribution in [0.2, 0.25) is 0 Å². The van der Waals surface area contributed by atoms with Crippen LogP contribution >= 0.6 is 0 Å². The standard InChI is InChI=1S/C21H46N.ClH/c1-6-8-10-11-12-13-14-15-16-17-18-20-21(19-9-7-2)22(3,4)5;/h21H,6-20H2,1-5H3;1H/q+1;/p-1. The molecule has 1 unspecified atom stereocenters. The molecule has 0 N–H and O–H groups in total. The van der Waals surface area contributed by atoms with Gasteiger partial charge in [0.15, 0.2) is 0 Å². The van der Waals surface area contributed by atoms with Crippen molar-refractivity contribution in [2.75, 3.05) is 21.1 Å². The zero-order valence-electron chi connectivity index (χ0n) is 17.0. The first-order valence-electron chi connectivity index (χ1n) is 10.3. The maximum absolute atomic E-state index is 2.37. The minimum absolute atomic E-state index is 0. The summed E-state index contributed by atoms with van der Waals surface area (Å²) in [6, 6.07) is 0.874. The van der Waals surface area contributed by atoms with Gasteiger partial charge in [0.1, 0.15) is 0 Å². The van der Waals surface area contributed by atoms with Crippen LogP contribution in [-0.4, -0.2) is 31.7 Å². The van der Waals surface area contributed by atoms with E-state index in [1.165, 1.54) is 96.3 Å². The molecule has 0 radical (unpaired) electrons. The molecule has 23 heavy (non-hydrogen) atoms. The molecule has 0 bridgehead atoms.